The lowest BCUT2D eigenvalue weighted by atomic mass is 9.90. The molecule has 3 nitrogen and oxygen atoms in total. The van der Waals surface area contributed by atoms with Crippen LogP contribution in [0.25, 0.3) is 0 Å². The molecule has 1 unspecified atom stereocenters. The minimum atomic E-state index is -0.911. The van der Waals surface area contributed by atoms with Gasteiger partial charge in [0.2, 0.25) is 0 Å². The number of benzene rings is 1. The average Bonchev–Trinajstić information content (AvgIpc) is 2.32. The van der Waals surface area contributed by atoms with Gasteiger partial charge >= 0.3 is 0 Å². The highest BCUT2D eigenvalue weighted by Crippen LogP contribution is 2.26. The van der Waals surface area contributed by atoms with E-state index < -0.39 is 5.60 Å². The van der Waals surface area contributed by atoms with Gasteiger partial charge in [-0.15, -0.1) is 0 Å². The van der Waals surface area contributed by atoms with E-state index in [9.17, 15) is 5.11 Å². The molecule has 1 aromatic rings. The Morgan fingerprint density at radius 3 is 2.61 bits per heavy atom. The van der Waals surface area contributed by atoms with Gasteiger partial charge in [0, 0.05) is 13.5 Å². The molecular formula is C13H19Cl2NO2. The van der Waals surface area contributed by atoms with Crippen molar-refractivity contribution in [3.05, 3.63) is 33.8 Å². The zero-order valence-electron chi connectivity index (χ0n) is 10.5. The molecule has 0 aliphatic heterocycles. The molecule has 0 saturated heterocycles. The molecule has 0 amide bonds. The van der Waals surface area contributed by atoms with Gasteiger partial charge in [-0.25, -0.2) is 0 Å². The Hall–Kier alpha value is -0.320. The van der Waals surface area contributed by atoms with Crippen LogP contribution in [0.15, 0.2) is 18.2 Å². The van der Waals surface area contributed by atoms with Crippen LogP contribution in [0.2, 0.25) is 10.0 Å². The molecule has 0 aromatic heterocycles. The van der Waals surface area contributed by atoms with Crippen molar-refractivity contribution in [1.82, 2.24) is 0 Å². The van der Waals surface area contributed by atoms with Crippen LogP contribution >= 0.6 is 23.2 Å². The Morgan fingerprint density at radius 2 is 2.06 bits per heavy atom. The number of halogens is 2. The molecule has 1 atom stereocenters. The molecule has 1 aromatic carbocycles. The molecule has 1 rings (SSSR count). The summed E-state index contributed by atoms with van der Waals surface area (Å²) in [6.07, 6.45) is 1.82. The van der Waals surface area contributed by atoms with Crippen molar-refractivity contribution in [2.45, 2.75) is 24.9 Å². The third-order valence-electron chi connectivity index (χ3n) is 2.78. The first-order valence-corrected chi connectivity index (χ1v) is 6.61. The van der Waals surface area contributed by atoms with E-state index in [0.717, 1.165) is 12.0 Å². The summed E-state index contributed by atoms with van der Waals surface area (Å²) in [6, 6.07) is 5.36. The van der Waals surface area contributed by atoms with Crippen molar-refractivity contribution in [3.8, 4) is 0 Å². The summed E-state index contributed by atoms with van der Waals surface area (Å²) < 4.78 is 5.08. The first-order valence-electron chi connectivity index (χ1n) is 5.86. The maximum absolute atomic E-state index is 10.5. The standard InChI is InChI=1S/C13H19Cl2NO2/c1-18-9-13(17,5-2-6-16)8-10-3-4-11(14)12(15)7-10/h3-4,7,17H,2,5-6,8-9,16H2,1H3. The van der Waals surface area contributed by atoms with E-state index in [4.69, 9.17) is 33.7 Å². The summed E-state index contributed by atoms with van der Waals surface area (Å²) in [5, 5.41) is 11.5. The first-order chi connectivity index (χ1) is 8.50. The van der Waals surface area contributed by atoms with E-state index in [1.807, 2.05) is 6.07 Å². The van der Waals surface area contributed by atoms with Crippen molar-refractivity contribution in [2.75, 3.05) is 20.3 Å². The monoisotopic (exact) mass is 291 g/mol. The van der Waals surface area contributed by atoms with Gasteiger partial charge in [-0.1, -0.05) is 29.3 Å². The Labute approximate surface area is 118 Å². The maximum atomic E-state index is 10.5. The largest absolute Gasteiger partial charge is 0.387 e. The van der Waals surface area contributed by atoms with Crippen LogP contribution in [0.1, 0.15) is 18.4 Å². The molecule has 0 bridgehead atoms. The number of methoxy groups -OCH3 is 1. The van der Waals surface area contributed by atoms with Crippen molar-refractivity contribution < 1.29 is 9.84 Å². The second kappa shape index (κ2) is 7.31. The van der Waals surface area contributed by atoms with Gasteiger partial charge in [0.15, 0.2) is 0 Å². The highest BCUT2D eigenvalue weighted by Gasteiger charge is 2.26. The van der Waals surface area contributed by atoms with Gasteiger partial charge in [-0.3, -0.25) is 0 Å². The van der Waals surface area contributed by atoms with E-state index in [1.165, 1.54) is 0 Å². The van der Waals surface area contributed by atoms with Crippen LogP contribution < -0.4 is 5.73 Å². The molecule has 0 radical (unpaired) electrons. The minimum Gasteiger partial charge on any atom is -0.387 e. The zero-order valence-corrected chi connectivity index (χ0v) is 12.0. The summed E-state index contributed by atoms with van der Waals surface area (Å²) in [4.78, 5) is 0. The van der Waals surface area contributed by atoms with Crippen molar-refractivity contribution in [3.63, 3.8) is 0 Å². The molecule has 0 saturated carbocycles. The molecule has 0 heterocycles. The molecule has 3 N–H and O–H groups in total. The quantitative estimate of drug-likeness (QED) is 0.812. The fourth-order valence-corrected chi connectivity index (χ4v) is 2.26. The van der Waals surface area contributed by atoms with E-state index in [0.29, 0.717) is 29.4 Å². The van der Waals surface area contributed by atoms with Crippen molar-refractivity contribution >= 4 is 23.2 Å². The molecule has 0 spiro atoms. The van der Waals surface area contributed by atoms with Gasteiger partial charge < -0.3 is 15.6 Å². The average molecular weight is 292 g/mol. The van der Waals surface area contributed by atoms with Gasteiger partial charge in [0.05, 0.1) is 22.3 Å². The predicted octanol–water partition coefficient (Wildman–Crippen LogP) is 2.65. The number of nitrogens with two attached hydrogens (primary N) is 1. The lowest BCUT2D eigenvalue weighted by Crippen LogP contribution is -2.37. The fraction of sp³-hybridized carbons (Fsp3) is 0.538. The number of rotatable bonds is 7. The predicted molar refractivity (Wildman–Crippen MR) is 75.3 cm³/mol. The molecule has 0 aliphatic carbocycles. The van der Waals surface area contributed by atoms with Crippen LogP contribution in [-0.4, -0.2) is 31.0 Å². The Balaban J connectivity index is 2.78. The van der Waals surface area contributed by atoms with E-state index in [-0.39, 0.29) is 6.61 Å². The Morgan fingerprint density at radius 1 is 1.33 bits per heavy atom. The SMILES string of the molecule is COCC(O)(CCCN)Cc1ccc(Cl)c(Cl)c1. The molecule has 102 valence electrons. The number of hydrogen-bond donors (Lipinski definition) is 2. The molecule has 0 fully saturated rings. The van der Waals surface area contributed by atoms with Gasteiger partial charge in [-0.05, 0) is 37.1 Å². The smallest absolute Gasteiger partial charge is 0.0920 e. The topological polar surface area (TPSA) is 55.5 Å². The van der Waals surface area contributed by atoms with Gasteiger partial charge in [0.25, 0.3) is 0 Å². The summed E-state index contributed by atoms with van der Waals surface area (Å²) in [5.74, 6) is 0. The van der Waals surface area contributed by atoms with Gasteiger partial charge in [-0.2, -0.15) is 0 Å². The lowest BCUT2D eigenvalue weighted by molar-refractivity contribution is -0.0375. The second-order valence-corrected chi connectivity index (χ2v) is 5.29. The van der Waals surface area contributed by atoms with Crippen LogP contribution in [0.5, 0.6) is 0 Å². The maximum Gasteiger partial charge on any atom is 0.0920 e. The van der Waals surface area contributed by atoms with Crippen LogP contribution in [0.4, 0.5) is 0 Å². The third-order valence-corrected chi connectivity index (χ3v) is 3.52. The molecule has 0 aliphatic rings. The number of aliphatic hydroxyl groups is 1. The third kappa shape index (κ3) is 4.75. The first kappa shape index (κ1) is 15.7. The van der Waals surface area contributed by atoms with E-state index in [1.54, 1.807) is 19.2 Å². The minimum absolute atomic E-state index is 0.271. The number of hydrogen-bond acceptors (Lipinski definition) is 3. The normalized spacial score (nSPS) is 14.5. The van der Waals surface area contributed by atoms with Crippen LogP contribution in [0, 0.1) is 0 Å². The summed E-state index contributed by atoms with van der Waals surface area (Å²) >= 11 is 11.8. The Bertz CT molecular complexity index is 387. The number of ether oxygens (including phenoxy) is 1. The van der Waals surface area contributed by atoms with Crippen LogP contribution in [-0.2, 0) is 11.2 Å². The summed E-state index contributed by atoms with van der Waals surface area (Å²) in [6.45, 7) is 0.820. The highest BCUT2D eigenvalue weighted by atomic mass is 35.5. The van der Waals surface area contributed by atoms with Crippen molar-refractivity contribution in [2.24, 2.45) is 5.73 Å². The molecule has 18 heavy (non-hydrogen) atoms. The van der Waals surface area contributed by atoms with E-state index in [2.05, 4.69) is 0 Å². The van der Waals surface area contributed by atoms with Gasteiger partial charge in [0.1, 0.15) is 0 Å². The summed E-state index contributed by atoms with van der Waals surface area (Å²) in [7, 11) is 1.57. The van der Waals surface area contributed by atoms with E-state index >= 15 is 0 Å². The van der Waals surface area contributed by atoms with Crippen LogP contribution in [0.3, 0.4) is 0 Å². The Kier molecular flexibility index (Phi) is 6.39. The molecule has 5 heteroatoms. The highest BCUT2D eigenvalue weighted by molar-refractivity contribution is 6.42. The van der Waals surface area contributed by atoms with Crippen molar-refractivity contribution in [1.29, 1.82) is 0 Å². The molecular weight excluding hydrogens is 273 g/mol. The summed E-state index contributed by atoms with van der Waals surface area (Å²) in [5.41, 5.74) is 5.50. The zero-order chi connectivity index (χ0) is 13.6. The lowest BCUT2D eigenvalue weighted by Gasteiger charge is -2.27. The second-order valence-electron chi connectivity index (χ2n) is 4.47. The fourth-order valence-electron chi connectivity index (χ4n) is 1.94.